The molecule has 1 atom stereocenters. The molecule has 7 heteroatoms. The lowest BCUT2D eigenvalue weighted by Gasteiger charge is -2.31. The van der Waals surface area contributed by atoms with Gasteiger partial charge in [-0.15, -0.1) is 0 Å². The maximum atomic E-state index is 13.2. The lowest BCUT2D eigenvalue weighted by atomic mass is 10.1. The van der Waals surface area contributed by atoms with Gasteiger partial charge in [-0.2, -0.15) is 13.2 Å². The van der Waals surface area contributed by atoms with Gasteiger partial charge in [-0.3, -0.25) is 14.3 Å². The van der Waals surface area contributed by atoms with Crippen LogP contribution in [0.5, 0.6) is 0 Å². The molecule has 26 heavy (non-hydrogen) atoms. The Hall–Kier alpha value is -1.89. The molecule has 0 amide bonds. The molecule has 1 saturated heterocycles. The summed E-state index contributed by atoms with van der Waals surface area (Å²) in [6, 6.07) is 6.85. The van der Waals surface area contributed by atoms with Crippen molar-refractivity contribution in [3.8, 4) is 0 Å². The standard InChI is InChI=1S/C19H22F3N3O/c20-19(21,22)12-25-17(23-15-9-4-3-8-14(15)18(25)26)16-10-5-11-24(16)13-6-1-2-7-13/h3-4,8-9,13,16H,1-2,5-7,10-12H2. The summed E-state index contributed by atoms with van der Waals surface area (Å²) in [6.07, 6.45) is 1.69. The quantitative estimate of drug-likeness (QED) is 0.824. The van der Waals surface area contributed by atoms with Gasteiger partial charge in [0.15, 0.2) is 0 Å². The van der Waals surface area contributed by atoms with Crippen molar-refractivity contribution in [3.05, 3.63) is 40.4 Å². The van der Waals surface area contributed by atoms with E-state index < -0.39 is 18.3 Å². The minimum absolute atomic E-state index is 0.210. The first-order valence-electron chi connectivity index (χ1n) is 9.26. The number of alkyl halides is 3. The summed E-state index contributed by atoms with van der Waals surface area (Å²) in [5.41, 5.74) is -0.120. The van der Waals surface area contributed by atoms with Crippen molar-refractivity contribution >= 4 is 10.9 Å². The third kappa shape index (κ3) is 3.24. The van der Waals surface area contributed by atoms with Crippen molar-refractivity contribution in [3.63, 3.8) is 0 Å². The molecule has 2 aromatic rings. The predicted molar refractivity (Wildman–Crippen MR) is 93.0 cm³/mol. The van der Waals surface area contributed by atoms with Gasteiger partial charge in [0.1, 0.15) is 12.4 Å². The molecule has 2 aliphatic rings. The number of likely N-dealkylation sites (tertiary alicyclic amines) is 1. The van der Waals surface area contributed by atoms with E-state index in [1.54, 1.807) is 24.3 Å². The van der Waals surface area contributed by atoms with E-state index in [1.807, 2.05) is 0 Å². The van der Waals surface area contributed by atoms with Crippen LogP contribution in [0.3, 0.4) is 0 Å². The van der Waals surface area contributed by atoms with Gasteiger partial charge in [0.2, 0.25) is 0 Å². The van der Waals surface area contributed by atoms with Gasteiger partial charge in [0.25, 0.3) is 5.56 Å². The van der Waals surface area contributed by atoms with E-state index in [4.69, 9.17) is 0 Å². The Bertz CT molecular complexity index is 855. The Balaban J connectivity index is 1.84. The van der Waals surface area contributed by atoms with E-state index in [2.05, 4.69) is 9.88 Å². The van der Waals surface area contributed by atoms with Gasteiger partial charge in [0, 0.05) is 6.04 Å². The molecule has 0 spiro atoms. The fraction of sp³-hybridized carbons (Fsp3) is 0.579. The van der Waals surface area contributed by atoms with Crippen LogP contribution >= 0.6 is 0 Å². The van der Waals surface area contributed by atoms with E-state index in [-0.39, 0.29) is 17.3 Å². The van der Waals surface area contributed by atoms with Crippen molar-refractivity contribution in [2.45, 2.75) is 63.3 Å². The van der Waals surface area contributed by atoms with E-state index >= 15 is 0 Å². The van der Waals surface area contributed by atoms with E-state index in [1.165, 1.54) is 0 Å². The van der Waals surface area contributed by atoms with Gasteiger partial charge in [-0.05, 0) is 44.4 Å². The summed E-state index contributed by atoms with van der Waals surface area (Å²) in [4.78, 5) is 19.6. The van der Waals surface area contributed by atoms with Crippen molar-refractivity contribution in [2.75, 3.05) is 6.54 Å². The number of hydrogen-bond acceptors (Lipinski definition) is 3. The van der Waals surface area contributed by atoms with Crippen LogP contribution in [0.1, 0.15) is 50.4 Å². The second kappa shape index (κ2) is 6.68. The normalized spacial score (nSPS) is 22.5. The Morgan fingerprint density at radius 3 is 2.54 bits per heavy atom. The summed E-state index contributed by atoms with van der Waals surface area (Å²) in [5.74, 6) is 0.274. The van der Waals surface area contributed by atoms with Crippen LogP contribution in [-0.4, -0.2) is 33.2 Å². The summed E-state index contributed by atoms with van der Waals surface area (Å²) < 4.78 is 40.4. The highest BCUT2D eigenvalue weighted by atomic mass is 19.4. The van der Waals surface area contributed by atoms with Gasteiger partial charge in [-0.25, -0.2) is 4.98 Å². The molecule has 140 valence electrons. The lowest BCUT2D eigenvalue weighted by Crippen LogP contribution is -2.38. The zero-order chi connectivity index (χ0) is 18.3. The number of para-hydroxylation sites is 1. The maximum Gasteiger partial charge on any atom is 0.406 e. The van der Waals surface area contributed by atoms with Crippen LogP contribution in [0.25, 0.3) is 10.9 Å². The SMILES string of the molecule is O=c1c2ccccc2nc(C2CCCN2C2CCCC2)n1CC(F)(F)F. The van der Waals surface area contributed by atoms with Crippen LogP contribution in [-0.2, 0) is 6.54 Å². The maximum absolute atomic E-state index is 13.2. The molecule has 0 bridgehead atoms. The topological polar surface area (TPSA) is 38.1 Å². The fourth-order valence-electron chi connectivity index (χ4n) is 4.51. The van der Waals surface area contributed by atoms with Crippen LogP contribution in [0.15, 0.2) is 29.1 Å². The molecular weight excluding hydrogens is 343 g/mol. The molecule has 1 aliphatic heterocycles. The summed E-state index contributed by atoms with van der Waals surface area (Å²) >= 11 is 0. The lowest BCUT2D eigenvalue weighted by molar-refractivity contribution is -0.142. The van der Waals surface area contributed by atoms with E-state index in [9.17, 15) is 18.0 Å². The van der Waals surface area contributed by atoms with Crippen molar-refractivity contribution in [1.82, 2.24) is 14.5 Å². The second-order valence-corrected chi connectivity index (χ2v) is 7.33. The first-order valence-corrected chi connectivity index (χ1v) is 9.26. The Morgan fingerprint density at radius 2 is 1.81 bits per heavy atom. The Kier molecular flexibility index (Phi) is 4.50. The van der Waals surface area contributed by atoms with Crippen LogP contribution in [0.2, 0.25) is 0 Å². The van der Waals surface area contributed by atoms with Gasteiger partial charge in [-0.1, -0.05) is 25.0 Å². The summed E-state index contributed by atoms with van der Waals surface area (Å²) in [6.45, 7) is -0.419. The Morgan fingerprint density at radius 1 is 1.08 bits per heavy atom. The molecule has 2 fully saturated rings. The molecular formula is C19H22F3N3O. The number of hydrogen-bond donors (Lipinski definition) is 0. The van der Waals surface area contributed by atoms with Crippen LogP contribution < -0.4 is 5.56 Å². The number of nitrogens with zero attached hydrogens (tertiary/aromatic N) is 3. The third-order valence-corrected chi connectivity index (χ3v) is 5.61. The highest BCUT2D eigenvalue weighted by Gasteiger charge is 2.38. The van der Waals surface area contributed by atoms with Gasteiger partial charge < -0.3 is 0 Å². The average molecular weight is 365 g/mol. The number of rotatable bonds is 3. The monoisotopic (exact) mass is 365 g/mol. The van der Waals surface area contributed by atoms with Gasteiger partial charge in [0.05, 0.1) is 16.9 Å². The molecule has 1 aromatic heterocycles. The number of aromatic nitrogens is 2. The third-order valence-electron chi connectivity index (χ3n) is 5.61. The molecule has 1 aliphatic carbocycles. The molecule has 4 rings (SSSR count). The Labute approximate surface area is 149 Å². The van der Waals surface area contributed by atoms with Crippen molar-refractivity contribution < 1.29 is 13.2 Å². The van der Waals surface area contributed by atoms with Crippen molar-refractivity contribution in [1.29, 1.82) is 0 Å². The van der Waals surface area contributed by atoms with Crippen molar-refractivity contribution in [2.24, 2.45) is 0 Å². The van der Waals surface area contributed by atoms with E-state index in [0.29, 0.717) is 11.6 Å². The van der Waals surface area contributed by atoms with Gasteiger partial charge >= 0.3 is 6.18 Å². The summed E-state index contributed by atoms with van der Waals surface area (Å²) in [5, 5.41) is 0.242. The first-order chi connectivity index (χ1) is 12.4. The number of halogens is 3. The molecule has 0 N–H and O–H groups in total. The minimum atomic E-state index is -4.46. The number of fused-ring (bicyclic) bond motifs is 1. The second-order valence-electron chi connectivity index (χ2n) is 7.33. The smallest absolute Gasteiger partial charge is 0.290 e. The zero-order valence-electron chi connectivity index (χ0n) is 14.5. The average Bonchev–Trinajstić information content (AvgIpc) is 3.26. The van der Waals surface area contributed by atoms with Crippen LogP contribution in [0, 0.1) is 0 Å². The molecule has 1 saturated carbocycles. The summed E-state index contributed by atoms with van der Waals surface area (Å²) in [7, 11) is 0. The molecule has 4 nitrogen and oxygen atoms in total. The highest BCUT2D eigenvalue weighted by molar-refractivity contribution is 5.77. The minimum Gasteiger partial charge on any atom is -0.290 e. The zero-order valence-corrected chi connectivity index (χ0v) is 14.5. The predicted octanol–water partition coefficient (Wildman–Crippen LogP) is 4.04. The molecule has 1 aromatic carbocycles. The van der Waals surface area contributed by atoms with Crippen LogP contribution in [0.4, 0.5) is 13.2 Å². The fourth-order valence-corrected chi connectivity index (χ4v) is 4.51. The first kappa shape index (κ1) is 17.5. The largest absolute Gasteiger partial charge is 0.406 e. The molecule has 1 unspecified atom stereocenters. The number of benzene rings is 1. The molecule has 2 heterocycles. The molecule has 0 radical (unpaired) electrons. The van der Waals surface area contributed by atoms with E-state index in [0.717, 1.165) is 49.6 Å². The highest BCUT2D eigenvalue weighted by Crippen LogP contribution is 2.38.